The number of likely N-dealkylation sites (N-methyl/N-ethyl adjacent to an activating group) is 1. The van der Waals surface area contributed by atoms with Gasteiger partial charge in [0.1, 0.15) is 0 Å². The van der Waals surface area contributed by atoms with E-state index in [1.165, 1.54) is 19.4 Å². The van der Waals surface area contributed by atoms with Crippen LogP contribution in [0.25, 0.3) is 0 Å². The number of likely N-dealkylation sites (tertiary alicyclic amines) is 1. The minimum Gasteiger partial charge on any atom is -0.481 e. The Morgan fingerprint density at radius 1 is 1.64 bits per heavy atom. The van der Waals surface area contributed by atoms with Crippen molar-refractivity contribution in [2.24, 2.45) is 0 Å². The highest BCUT2D eigenvalue weighted by Gasteiger charge is 2.21. The molecule has 82 valence electrons. The molecule has 14 heavy (non-hydrogen) atoms. The zero-order valence-corrected chi connectivity index (χ0v) is 8.83. The van der Waals surface area contributed by atoms with Crippen LogP contribution in [0.1, 0.15) is 26.2 Å². The Hall–Kier alpha value is -0.610. The molecule has 0 aliphatic carbocycles. The first kappa shape index (κ1) is 11.5. The summed E-state index contributed by atoms with van der Waals surface area (Å²) in [4.78, 5) is 12.7. The summed E-state index contributed by atoms with van der Waals surface area (Å²) in [5.41, 5.74) is 0. The zero-order valence-electron chi connectivity index (χ0n) is 8.83. The summed E-state index contributed by atoms with van der Waals surface area (Å²) in [5, 5.41) is 11.7. The molecule has 0 bridgehead atoms. The van der Waals surface area contributed by atoms with Crippen LogP contribution in [0.5, 0.6) is 0 Å². The topological polar surface area (TPSA) is 52.6 Å². The minimum atomic E-state index is -0.726. The Bertz CT molecular complexity index is 185. The first-order valence-corrected chi connectivity index (χ1v) is 5.40. The van der Waals surface area contributed by atoms with Gasteiger partial charge in [-0.05, 0) is 25.9 Å². The third kappa shape index (κ3) is 3.64. The number of carboxylic acids is 1. The summed E-state index contributed by atoms with van der Waals surface area (Å²) in [6.07, 6.45) is 2.74. The number of rotatable bonds is 6. The summed E-state index contributed by atoms with van der Waals surface area (Å²) in [6, 6.07) is 0.619. The Balaban J connectivity index is 2.08. The van der Waals surface area contributed by atoms with E-state index in [1.54, 1.807) is 0 Å². The van der Waals surface area contributed by atoms with Crippen LogP contribution >= 0.6 is 0 Å². The van der Waals surface area contributed by atoms with Crippen molar-refractivity contribution in [2.45, 2.75) is 32.2 Å². The van der Waals surface area contributed by atoms with Gasteiger partial charge in [-0.15, -0.1) is 0 Å². The first-order valence-electron chi connectivity index (χ1n) is 5.40. The van der Waals surface area contributed by atoms with Gasteiger partial charge in [0.05, 0.1) is 6.42 Å². The number of carbonyl (C=O) groups is 1. The molecule has 0 saturated carbocycles. The molecule has 2 N–H and O–H groups in total. The minimum absolute atomic E-state index is 0.221. The van der Waals surface area contributed by atoms with Crippen molar-refractivity contribution in [3.63, 3.8) is 0 Å². The molecule has 1 rings (SSSR count). The summed E-state index contributed by atoms with van der Waals surface area (Å²) in [6.45, 7) is 5.99. The quantitative estimate of drug-likeness (QED) is 0.614. The van der Waals surface area contributed by atoms with Crippen molar-refractivity contribution in [1.82, 2.24) is 10.2 Å². The fourth-order valence-corrected chi connectivity index (χ4v) is 2.01. The lowest BCUT2D eigenvalue weighted by atomic mass is 10.2. The van der Waals surface area contributed by atoms with Gasteiger partial charge >= 0.3 is 5.97 Å². The van der Waals surface area contributed by atoms with Crippen LogP contribution in [-0.2, 0) is 4.79 Å². The van der Waals surface area contributed by atoms with E-state index in [1.807, 2.05) is 0 Å². The summed E-state index contributed by atoms with van der Waals surface area (Å²) >= 11 is 0. The lowest BCUT2D eigenvalue weighted by Crippen LogP contribution is -2.38. The Kier molecular flexibility index (Phi) is 4.90. The average molecular weight is 200 g/mol. The van der Waals surface area contributed by atoms with Crippen LogP contribution in [0.4, 0.5) is 0 Å². The van der Waals surface area contributed by atoms with E-state index < -0.39 is 5.97 Å². The predicted octanol–water partition coefficient (Wildman–Crippen LogP) is 0.535. The predicted molar refractivity (Wildman–Crippen MR) is 55.4 cm³/mol. The smallest absolute Gasteiger partial charge is 0.304 e. The van der Waals surface area contributed by atoms with Gasteiger partial charge in [0.2, 0.25) is 0 Å². The lowest BCUT2D eigenvalue weighted by molar-refractivity contribution is -0.136. The third-order valence-corrected chi connectivity index (χ3v) is 2.80. The van der Waals surface area contributed by atoms with Crippen molar-refractivity contribution < 1.29 is 9.90 Å². The maximum atomic E-state index is 10.3. The highest BCUT2D eigenvalue weighted by molar-refractivity contribution is 5.66. The van der Waals surface area contributed by atoms with Crippen molar-refractivity contribution in [2.75, 3.05) is 26.2 Å². The van der Waals surface area contributed by atoms with Crippen molar-refractivity contribution in [3.05, 3.63) is 0 Å². The largest absolute Gasteiger partial charge is 0.481 e. The van der Waals surface area contributed by atoms with Crippen molar-refractivity contribution in [1.29, 1.82) is 0 Å². The molecule has 1 heterocycles. The molecule has 1 unspecified atom stereocenters. The van der Waals surface area contributed by atoms with Gasteiger partial charge in [0.25, 0.3) is 0 Å². The van der Waals surface area contributed by atoms with E-state index in [-0.39, 0.29) is 6.42 Å². The molecule has 0 amide bonds. The molecular weight excluding hydrogens is 180 g/mol. The fraction of sp³-hybridized carbons (Fsp3) is 0.900. The maximum Gasteiger partial charge on any atom is 0.304 e. The van der Waals surface area contributed by atoms with E-state index >= 15 is 0 Å². The molecule has 0 aromatic heterocycles. The molecule has 1 atom stereocenters. The third-order valence-electron chi connectivity index (χ3n) is 2.80. The molecule has 1 aliphatic heterocycles. The molecule has 0 radical (unpaired) electrons. The Morgan fingerprint density at radius 3 is 3.07 bits per heavy atom. The number of nitrogens with zero attached hydrogens (tertiary/aromatic N) is 1. The van der Waals surface area contributed by atoms with Gasteiger partial charge in [-0.3, -0.25) is 9.69 Å². The van der Waals surface area contributed by atoms with E-state index in [0.29, 0.717) is 12.6 Å². The van der Waals surface area contributed by atoms with E-state index in [9.17, 15) is 4.79 Å². The second kappa shape index (κ2) is 5.98. The molecule has 0 aromatic carbocycles. The number of hydrogen-bond donors (Lipinski definition) is 2. The molecule has 0 spiro atoms. The van der Waals surface area contributed by atoms with Crippen LogP contribution in [0.2, 0.25) is 0 Å². The van der Waals surface area contributed by atoms with Gasteiger partial charge in [-0.1, -0.05) is 6.92 Å². The number of hydrogen-bond acceptors (Lipinski definition) is 3. The van der Waals surface area contributed by atoms with E-state index in [4.69, 9.17) is 5.11 Å². The molecular formula is C10H20N2O2. The molecule has 4 nitrogen and oxygen atoms in total. The average Bonchev–Trinajstić information content (AvgIpc) is 2.59. The Labute approximate surface area is 85.3 Å². The Morgan fingerprint density at radius 2 is 2.43 bits per heavy atom. The van der Waals surface area contributed by atoms with E-state index in [0.717, 1.165) is 13.1 Å². The normalized spacial score (nSPS) is 22.8. The fourth-order valence-electron chi connectivity index (χ4n) is 2.01. The van der Waals surface area contributed by atoms with Gasteiger partial charge < -0.3 is 10.4 Å². The van der Waals surface area contributed by atoms with Crippen molar-refractivity contribution in [3.8, 4) is 0 Å². The van der Waals surface area contributed by atoms with Crippen molar-refractivity contribution >= 4 is 5.97 Å². The van der Waals surface area contributed by atoms with Gasteiger partial charge in [0, 0.05) is 19.1 Å². The number of aliphatic carboxylic acids is 1. The molecule has 1 aliphatic rings. The second-order valence-electron chi connectivity index (χ2n) is 3.77. The van der Waals surface area contributed by atoms with Crippen LogP contribution in [-0.4, -0.2) is 48.2 Å². The summed E-state index contributed by atoms with van der Waals surface area (Å²) in [7, 11) is 0. The molecule has 4 heteroatoms. The number of nitrogens with one attached hydrogen (secondary N) is 1. The van der Waals surface area contributed by atoms with Crippen LogP contribution in [0.15, 0.2) is 0 Å². The zero-order chi connectivity index (χ0) is 10.4. The lowest BCUT2D eigenvalue weighted by Gasteiger charge is -2.22. The SMILES string of the molecule is CCN1CCCC1CNCCC(=O)O. The monoisotopic (exact) mass is 200 g/mol. The van der Waals surface area contributed by atoms with Crippen LogP contribution < -0.4 is 5.32 Å². The van der Waals surface area contributed by atoms with Crippen LogP contribution in [0.3, 0.4) is 0 Å². The first-order chi connectivity index (χ1) is 6.74. The highest BCUT2D eigenvalue weighted by atomic mass is 16.4. The van der Waals surface area contributed by atoms with Gasteiger partial charge in [-0.2, -0.15) is 0 Å². The highest BCUT2D eigenvalue weighted by Crippen LogP contribution is 2.15. The molecule has 0 aromatic rings. The van der Waals surface area contributed by atoms with Crippen LogP contribution in [0, 0.1) is 0 Å². The molecule has 1 fully saturated rings. The summed E-state index contributed by atoms with van der Waals surface area (Å²) < 4.78 is 0. The van der Waals surface area contributed by atoms with Gasteiger partial charge in [-0.25, -0.2) is 0 Å². The summed E-state index contributed by atoms with van der Waals surface area (Å²) in [5.74, 6) is -0.726. The standard InChI is InChI=1S/C10H20N2O2/c1-2-12-7-3-4-9(12)8-11-6-5-10(13)14/h9,11H,2-8H2,1H3,(H,13,14). The number of carboxylic acid groups (broad SMARTS) is 1. The van der Waals surface area contributed by atoms with Gasteiger partial charge in [0.15, 0.2) is 0 Å². The second-order valence-corrected chi connectivity index (χ2v) is 3.77. The molecule has 1 saturated heterocycles. The van der Waals surface area contributed by atoms with E-state index in [2.05, 4.69) is 17.1 Å². The maximum absolute atomic E-state index is 10.3.